The quantitative estimate of drug-likeness (QED) is 0.865. The molecule has 0 spiro atoms. The van der Waals surface area contributed by atoms with Crippen molar-refractivity contribution >= 4 is 11.6 Å². The molecule has 0 aromatic heterocycles. The molecular formula is C12H10F3N2O2. The Morgan fingerprint density at radius 1 is 1.47 bits per heavy atom. The Bertz CT molecular complexity index is 539. The maximum atomic E-state index is 12.7. The Kier molecular flexibility index (Phi) is 3.86. The van der Waals surface area contributed by atoms with Crippen LogP contribution in [0.15, 0.2) is 18.2 Å². The lowest BCUT2D eigenvalue weighted by Crippen LogP contribution is -2.37. The summed E-state index contributed by atoms with van der Waals surface area (Å²) in [6.07, 6.45) is -4.71. The van der Waals surface area contributed by atoms with Gasteiger partial charge in [-0.3, -0.25) is 4.79 Å². The molecule has 4 nitrogen and oxygen atoms in total. The molecule has 1 amide bonds. The van der Waals surface area contributed by atoms with Gasteiger partial charge in [0.05, 0.1) is 17.2 Å². The maximum absolute atomic E-state index is 12.7. The van der Waals surface area contributed by atoms with Crippen molar-refractivity contribution in [1.82, 2.24) is 0 Å². The Hall–Kier alpha value is -2.07. The first-order chi connectivity index (χ1) is 8.55. The third kappa shape index (κ3) is 3.69. The number of hydrogen-bond acceptors (Lipinski definition) is 3. The van der Waals surface area contributed by atoms with Crippen LogP contribution in [0.3, 0.4) is 0 Å². The molecule has 0 saturated carbocycles. The van der Waals surface area contributed by atoms with E-state index in [1.165, 1.54) is 6.07 Å². The lowest BCUT2D eigenvalue weighted by molar-refractivity contribution is -0.137. The van der Waals surface area contributed by atoms with Crippen LogP contribution < -0.4 is 5.32 Å². The van der Waals surface area contributed by atoms with Gasteiger partial charge >= 0.3 is 6.18 Å². The average molecular weight is 271 g/mol. The van der Waals surface area contributed by atoms with Crippen LogP contribution in [-0.2, 0) is 11.0 Å². The van der Waals surface area contributed by atoms with Crippen LogP contribution in [0.1, 0.15) is 18.1 Å². The lowest BCUT2D eigenvalue weighted by Gasteiger charge is -2.17. The van der Waals surface area contributed by atoms with Gasteiger partial charge in [0.15, 0.2) is 0 Å². The number of benzene rings is 1. The van der Waals surface area contributed by atoms with Crippen LogP contribution in [-0.4, -0.2) is 16.6 Å². The molecule has 0 aliphatic carbocycles. The standard InChI is InChI=1S/C12H10F3N2O2/c1-11(2,19)10(18)17-8-4-3-7(6-16)9(5-8)12(13,14)15/h3-5,19H,1H2,2H3,(H,17,18)/t11-/m0/s1. The van der Waals surface area contributed by atoms with Crippen molar-refractivity contribution in [2.75, 3.05) is 5.32 Å². The topological polar surface area (TPSA) is 73.1 Å². The van der Waals surface area contributed by atoms with Gasteiger partial charge in [0, 0.05) is 5.69 Å². The van der Waals surface area contributed by atoms with E-state index in [1.807, 2.05) is 0 Å². The van der Waals surface area contributed by atoms with Gasteiger partial charge in [-0.2, -0.15) is 18.4 Å². The van der Waals surface area contributed by atoms with Gasteiger partial charge in [0.1, 0.15) is 5.60 Å². The second-order valence-corrected chi connectivity index (χ2v) is 4.10. The van der Waals surface area contributed by atoms with E-state index in [0.29, 0.717) is 6.07 Å². The zero-order chi connectivity index (χ0) is 14.8. The van der Waals surface area contributed by atoms with Gasteiger partial charge < -0.3 is 10.4 Å². The number of rotatable bonds is 2. The van der Waals surface area contributed by atoms with Crippen molar-refractivity contribution in [2.45, 2.75) is 18.7 Å². The minimum atomic E-state index is -4.71. The summed E-state index contributed by atoms with van der Waals surface area (Å²) in [6, 6.07) is 4.12. The second kappa shape index (κ2) is 4.90. The second-order valence-electron chi connectivity index (χ2n) is 4.10. The number of nitrogens with one attached hydrogen (secondary N) is 1. The first-order valence-electron chi connectivity index (χ1n) is 5.06. The number of amides is 1. The molecule has 0 unspecified atom stereocenters. The van der Waals surface area contributed by atoms with Gasteiger partial charge in [-0.1, -0.05) is 0 Å². The molecule has 1 radical (unpaired) electrons. The number of anilines is 1. The van der Waals surface area contributed by atoms with Crippen molar-refractivity contribution in [3.63, 3.8) is 0 Å². The highest BCUT2D eigenvalue weighted by Crippen LogP contribution is 2.33. The van der Waals surface area contributed by atoms with Crippen molar-refractivity contribution in [3.05, 3.63) is 36.2 Å². The molecular weight excluding hydrogens is 261 g/mol. The number of aliphatic hydroxyl groups is 1. The molecule has 0 heterocycles. The minimum Gasteiger partial charge on any atom is -0.380 e. The van der Waals surface area contributed by atoms with Gasteiger partial charge in [0.2, 0.25) is 0 Å². The van der Waals surface area contributed by atoms with Crippen LogP contribution >= 0.6 is 0 Å². The van der Waals surface area contributed by atoms with E-state index in [0.717, 1.165) is 19.1 Å². The van der Waals surface area contributed by atoms with Crippen LogP contribution in [0.5, 0.6) is 0 Å². The number of alkyl halides is 3. The summed E-state index contributed by atoms with van der Waals surface area (Å²) in [6.45, 7) is 4.23. The molecule has 0 bridgehead atoms. The Morgan fingerprint density at radius 2 is 2.05 bits per heavy atom. The third-order valence-electron chi connectivity index (χ3n) is 2.19. The predicted molar refractivity (Wildman–Crippen MR) is 60.8 cm³/mol. The molecule has 2 N–H and O–H groups in total. The smallest absolute Gasteiger partial charge is 0.380 e. The Balaban J connectivity index is 3.14. The Labute approximate surface area is 107 Å². The SMILES string of the molecule is [CH2][C@@](C)(O)C(=O)Nc1ccc(C#N)c(C(F)(F)F)c1. The number of carbonyl (C=O) groups is 1. The van der Waals surface area contributed by atoms with E-state index in [1.54, 1.807) is 0 Å². The Morgan fingerprint density at radius 3 is 2.47 bits per heavy atom. The summed E-state index contributed by atoms with van der Waals surface area (Å²) in [4.78, 5) is 11.4. The van der Waals surface area contributed by atoms with Crippen molar-refractivity contribution in [2.24, 2.45) is 0 Å². The number of hydrogen-bond donors (Lipinski definition) is 2. The molecule has 0 aliphatic heterocycles. The zero-order valence-corrected chi connectivity index (χ0v) is 9.88. The molecule has 1 atom stereocenters. The molecule has 1 aromatic carbocycles. The maximum Gasteiger partial charge on any atom is 0.417 e. The number of nitrogens with zero attached hydrogens (tertiary/aromatic N) is 1. The first kappa shape index (κ1) is 15.0. The summed E-state index contributed by atoms with van der Waals surface area (Å²) in [5.41, 5.74) is -3.85. The molecule has 0 fully saturated rings. The minimum absolute atomic E-state index is 0.180. The molecule has 101 valence electrons. The van der Waals surface area contributed by atoms with Crippen molar-refractivity contribution < 1.29 is 23.1 Å². The highest BCUT2D eigenvalue weighted by molar-refractivity contribution is 5.97. The van der Waals surface area contributed by atoms with Crippen LogP contribution in [0.4, 0.5) is 18.9 Å². The highest BCUT2D eigenvalue weighted by Gasteiger charge is 2.34. The van der Waals surface area contributed by atoms with E-state index < -0.39 is 28.8 Å². The van der Waals surface area contributed by atoms with E-state index in [9.17, 15) is 23.1 Å². The van der Waals surface area contributed by atoms with Crippen LogP contribution in [0.25, 0.3) is 0 Å². The molecule has 1 aromatic rings. The van der Waals surface area contributed by atoms with Crippen molar-refractivity contribution in [1.29, 1.82) is 5.26 Å². The molecule has 1 rings (SSSR count). The van der Waals surface area contributed by atoms with Crippen LogP contribution in [0.2, 0.25) is 0 Å². The number of nitriles is 1. The summed E-state index contributed by atoms with van der Waals surface area (Å²) >= 11 is 0. The summed E-state index contributed by atoms with van der Waals surface area (Å²) in [5.74, 6) is -0.953. The fourth-order valence-corrected chi connectivity index (χ4v) is 1.22. The summed E-state index contributed by atoms with van der Waals surface area (Å²) in [7, 11) is 0. The normalized spacial score (nSPS) is 11.8. The first-order valence-corrected chi connectivity index (χ1v) is 5.06. The fraction of sp³-hybridized carbons (Fsp3) is 0.250. The highest BCUT2D eigenvalue weighted by atomic mass is 19.4. The largest absolute Gasteiger partial charge is 0.417 e. The van der Waals surface area contributed by atoms with E-state index >= 15 is 0 Å². The third-order valence-corrected chi connectivity index (χ3v) is 2.19. The van der Waals surface area contributed by atoms with Crippen molar-refractivity contribution in [3.8, 4) is 6.07 Å². The molecule has 19 heavy (non-hydrogen) atoms. The van der Waals surface area contributed by atoms with E-state index in [2.05, 4.69) is 12.2 Å². The molecule has 0 aliphatic rings. The average Bonchev–Trinajstić information content (AvgIpc) is 2.26. The number of carbonyl (C=O) groups excluding carboxylic acids is 1. The molecule has 0 saturated heterocycles. The van der Waals surface area contributed by atoms with E-state index in [-0.39, 0.29) is 5.69 Å². The molecule has 7 heteroatoms. The summed E-state index contributed by atoms with van der Waals surface area (Å²) in [5, 5.41) is 20.0. The summed E-state index contributed by atoms with van der Waals surface area (Å²) < 4.78 is 38.0. The van der Waals surface area contributed by atoms with Crippen LogP contribution in [0, 0.1) is 18.3 Å². The number of halogens is 3. The van der Waals surface area contributed by atoms with Gasteiger partial charge in [-0.25, -0.2) is 0 Å². The zero-order valence-electron chi connectivity index (χ0n) is 9.88. The fourth-order valence-electron chi connectivity index (χ4n) is 1.22. The van der Waals surface area contributed by atoms with Gasteiger partial charge in [-0.15, -0.1) is 0 Å². The van der Waals surface area contributed by atoms with Gasteiger partial charge in [-0.05, 0) is 32.0 Å². The van der Waals surface area contributed by atoms with E-state index in [4.69, 9.17) is 5.26 Å². The lowest BCUT2D eigenvalue weighted by atomic mass is 10.1. The van der Waals surface area contributed by atoms with Gasteiger partial charge in [0.25, 0.3) is 5.91 Å². The predicted octanol–water partition coefficient (Wildman–Crippen LogP) is 2.10. The monoisotopic (exact) mass is 271 g/mol.